The Morgan fingerprint density at radius 3 is 2.43 bits per heavy atom. The molecule has 1 heterocycles. The van der Waals surface area contributed by atoms with Crippen molar-refractivity contribution in [3.8, 4) is 11.1 Å². The Morgan fingerprint density at radius 1 is 1.10 bits per heavy atom. The highest BCUT2D eigenvalue weighted by molar-refractivity contribution is 9.10. The highest BCUT2D eigenvalue weighted by Gasteiger charge is 2.20. The van der Waals surface area contributed by atoms with Gasteiger partial charge >= 0.3 is 5.97 Å². The van der Waals surface area contributed by atoms with E-state index in [0.717, 1.165) is 28.8 Å². The quantitative estimate of drug-likeness (QED) is 0.371. The van der Waals surface area contributed by atoms with Crippen LogP contribution in [0, 0.1) is 25.6 Å². The minimum Gasteiger partial charge on any atom is -0.457 e. The van der Waals surface area contributed by atoms with E-state index in [1.807, 2.05) is 44.2 Å². The number of esters is 1. The van der Waals surface area contributed by atoms with Crippen LogP contribution in [0.5, 0.6) is 0 Å². The van der Waals surface area contributed by atoms with E-state index in [0.29, 0.717) is 27.2 Å². The summed E-state index contributed by atoms with van der Waals surface area (Å²) < 4.78 is 19.7. The van der Waals surface area contributed by atoms with Gasteiger partial charge in [0, 0.05) is 5.69 Å². The van der Waals surface area contributed by atoms with Gasteiger partial charge in [0.1, 0.15) is 12.4 Å². The molecular weight excluding hydrogens is 445 g/mol. The highest BCUT2D eigenvalue weighted by atomic mass is 79.9. The number of benzene rings is 2. The average molecular weight is 470 g/mol. The van der Waals surface area contributed by atoms with Crippen LogP contribution in [0.25, 0.3) is 11.1 Å². The second-order valence-electron chi connectivity index (χ2n) is 7.91. The highest BCUT2D eigenvalue weighted by Crippen LogP contribution is 2.29. The van der Waals surface area contributed by atoms with Crippen molar-refractivity contribution in [2.75, 3.05) is 0 Å². The fraction of sp³-hybridized carbons (Fsp3) is 0.280. The number of carbonyl (C=O) groups excluding carboxylic acids is 1. The largest absolute Gasteiger partial charge is 0.457 e. The van der Waals surface area contributed by atoms with E-state index in [1.165, 1.54) is 6.07 Å². The molecule has 2 aromatic carbocycles. The number of carbonyl (C=O) groups is 1. The van der Waals surface area contributed by atoms with Crippen molar-refractivity contribution in [3.63, 3.8) is 0 Å². The summed E-state index contributed by atoms with van der Waals surface area (Å²) in [6.07, 6.45) is 0.827. The molecule has 0 fully saturated rings. The fourth-order valence-electron chi connectivity index (χ4n) is 3.33. The first-order chi connectivity index (χ1) is 14.2. The molecule has 0 saturated carbocycles. The molecule has 3 rings (SSSR count). The summed E-state index contributed by atoms with van der Waals surface area (Å²) in [5.74, 6) is -0.400. The molecule has 0 aliphatic heterocycles. The number of nitrogens with zero attached hydrogens (tertiary/aromatic N) is 1. The predicted octanol–water partition coefficient (Wildman–Crippen LogP) is 6.82. The summed E-state index contributed by atoms with van der Waals surface area (Å²) >= 11 is 3.13. The van der Waals surface area contributed by atoms with Gasteiger partial charge in [0.05, 0.1) is 15.7 Å². The molecule has 5 heteroatoms. The maximum Gasteiger partial charge on any atom is 0.340 e. The molecule has 0 N–H and O–H groups in total. The Hall–Kier alpha value is -2.53. The van der Waals surface area contributed by atoms with Gasteiger partial charge in [0.2, 0.25) is 0 Å². The number of aromatic nitrogens is 1. The van der Waals surface area contributed by atoms with Gasteiger partial charge in [-0.05, 0) is 77.0 Å². The topological polar surface area (TPSA) is 39.2 Å². The minimum atomic E-state index is -0.463. The number of ether oxygens (including phenoxy) is 1. The Labute approximate surface area is 185 Å². The van der Waals surface area contributed by atoms with Crippen molar-refractivity contribution in [2.45, 2.75) is 40.7 Å². The smallest absolute Gasteiger partial charge is 0.340 e. The second kappa shape index (κ2) is 9.52. The maximum atomic E-state index is 13.8. The molecule has 1 aromatic heterocycles. The van der Waals surface area contributed by atoms with E-state index in [1.54, 1.807) is 12.1 Å². The molecule has 0 saturated heterocycles. The zero-order valence-electron chi connectivity index (χ0n) is 17.6. The molecule has 3 aromatic rings. The summed E-state index contributed by atoms with van der Waals surface area (Å²) in [5.41, 5.74) is 5.52. The number of aryl methyl sites for hydroxylation is 2. The van der Waals surface area contributed by atoms with Crippen LogP contribution < -0.4 is 0 Å². The van der Waals surface area contributed by atoms with E-state index < -0.39 is 5.97 Å². The standard InChI is InChI=1S/C25H25BrFNO2/c1-15(2)11-20-13-21(19-8-5-16(3)6-9-19)24(17(4)28-20)25(29)30-14-18-7-10-22(26)23(27)12-18/h5-10,12-13,15H,11,14H2,1-4H3. The molecule has 0 radical (unpaired) electrons. The molecule has 30 heavy (non-hydrogen) atoms. The van der Waals surface area contributed by atoms with Crippen molar-refractivity contribution in [2.24, 2.45) is 5.92 Å². The van der Waals surface area contributed by atoms with Gasteiger partial charge in [-0.2, -0.15) is 0 Å². The van der Waals surface area contributed by atoms with Crippen LogP contribution in [0.4, 0.5) is 4.39 Å². The molecule has 0 atom stereocenters. The molecule has 0 unspecified atom stereocenters. The van der Waals surface area contributed by atoms with Crippen LogP contribution in [0.2, 0.25) is 0 Å². The first-order valence-corrected chi connectivity index (χ1v) is 10.7. The van der Waals surface area contributed by atoms with E-state index in [9.17, 15) is 9.18 Å². The monoisotopic (exact) mass is 469 g/mol. The summed E-state index contributed by atoms with van der Waals surface area (Å²) in [5, 5.41) is 0. The minimum absolute atomic E-state index is 0.0104. The SMILES string of the molecule is Cc1ccc(-c2cc(CC(C)C)nc(C)c2C(=O)OCc2ccc(Br)c(F)c2)cc1. The second-order valence-corrected chi connectivity index (χ2v) is 8.76. The van der Waals surface area contributed by atoms with Crippen LogP contribution in [0.3, 0.4) is 0 Å². The normalized spacial score (nSPS) is 11.0. The van der Waals surface area contributed by atoms with Crippen LogP contribution in [0.15, 0.2) is 53.0 Å². The Balaban J connectivity index is 1.95. The van der Waals surface area contributed by atoms with Crippen LogP contribution in [-0.2, 0) is 17.8 Å². The third kappa shape index (κ3) is 5.33. The lowest BCUT2D eigenvalue weighted by Crippen LogP contribution is -2.12. The summed E-state index contributed by atoms with van der Waals surface area (Å²) in [7, 11) is 0. The Morgan fingerprint density at radius 2 is 1.80 bits per heavy atom. The van der Waals surface area contributed by atoms with Crippen molar-refractivity contribution >= 4 is 21.9 Å². The van der Waals surface area contributed by atoms with Crippen molar-refractivity contribution in [3.05, 3.63) is 86.9 Å². The molecular formula is C25H25BrFNO2. The molecule has 0 spiro atoms. The van der Waals surface area contributed by atoms with Crippen molar-refractivity contribution in [1.29, 1.82) is 0 Å². The molecule has 156 valence electrons. The number of pyridine rings is 1. The van der Waals surface area contributed by atoms with E-state index in [2.05, 4.69) is 34.8 Å². The van der Waals surface area contributed by atoms with Crippen LogP contribution >= 0.6 is 15.9 Å². The number of halogens is 2. The van der Waals surface area contributed by atoms with Gasteiger partial charge in [-0.1, -0.05) is 49.7 Å². The number of hydrogen-bond acceptors (Lipinski definition) is 3. The van der Waals surface area contributed by atoms with Crippen molar-refractivity contribution in [1.82, 2.24) is 4.98 Å². The Kier molecular flexibility index (Phi) is 7.03. The van der Waals surface area contributed by atoms with Gasteiger partial charge < -0.3 is 4.74 Å². The first kappa shape index (κ1) is 22.2. The van der Waals surface area contributed by atoms with E-state index >= 15 is 0 Å². The van der Waals surface area contributed by atoms with Crippen LogP contribution in [-0.4, -0.2) is 11.0 Å². The number of hydrogen-bond donors (Lipinski definition) is 0. The summed E-state index contributed by atoms with van der Waals surface area (Å²) in [6, 6.07) is 14.7. The van der Waals surface area contributed by atoms with E-state index in [4.69, 9.17) is 4.74 Å². The lowest BCUT2D eigenvalue weighted by atomic mass is 9.95. The van der Waals surface area contributed by atoms with Crippen LogP contribution in [0.1, 0.15) is 46.7 Å². The predicted molar refractivity (Wildman–Crippen MR) is 121 cm³/mol. The third-order valence-corrected chi connectivity index (χ3v) is 5.43. The fourth-order valence-corrected chi connectivity index (χ4v) is 3.58. The lowest BCUT2D eigenvalue weighted by Gasteiger charge is -2.15. The average Bonchev–Trinajstić information content (AvgIpc) is 2.68. The zero-order valence-corrected chi connectivity index (χ0v) is 19.2. The lowest BCUT2D eigenvalue weighted by molar-refractivity contribution is 0.0471. The summed E-state index contributed by atoms with van der Waals surface area (Å²) in [4.78, 5) is 17.7. The summed E-state index contributed by atoms with van der Waals surface area (Å²) in [6.45, 7) is 8.13. The van der Waals surface area contributed by atoms with E-state index in [-0.39, 0.29) is 12.4 Å². The van der Waals surface area contributed by atoms with Gasteiger partial charge in [0.15, 0.2) is 0 Å². The van der Waals surface area contributed by atoms with Gasteiger partial charge in [-0.3, -0.25) is 4.98 Å². The third-order valence-electron chi connectivity index (χ3n) is 4.79. The molecule has 0 bridgehead atoms. The van der Waals surface area contributed by atoms with Gasteiger partial charge in [-0.25, -0.2) is 9.18 Å². The molecule has 0 amide bonds. The number of rotatable bonds is 6. The maximum absolute atomic E-state index is 13.8. The first-order valence-electron chi connectivity index (χ1n) is 9.93. The Bertz CT molecular complexity index is 1060. The molecule has 0 aliphatic rings. The molecule has 0 aliphatic carbocycles. The zero-order chi connectivity index (χ0) is 21.8. The van der Waals surface area contributed by atoms with Gasteiger partial charge in [0.25, 0.3) is 0 Å². The van der Waals surface area contributed by atoms with Crippen molar-refractivity contribution < 1.29 is 13.9 Å². The molecule has 3 nitrogen and oxygen atoms in total. The van der Waals surface area contributed by atoms with Gasteiger partial charge in [-0.15, -0.1) is 0 Å².